The SMILES string of the molecule is CNCC1(C(=O)c2ccc(SC)cc2)CC1. The van der Waals surface area contributed by atoms with Crippen molar-refractivity contribution in [2.75, 3.05) is 19.8 Å². The van der Waals surface area contributed by atoms with Crippen LogP contribution in [0.3, 0.4) is 0 Å². The fourth-order valence-electron chi connectivity index (χ4n) is 2.02. The zero-order valence-electron chi connectivity index (χ0n) is 9.75. The Kier molecular flexibility index (Phi) is 3.36. The van der Waals surface area contributed by atoms with Crippen LogP contribution in [-0.4, -0.2) is 25.6 Å². The summed E-state index contributed by atoms with van der Waals surface area (Å²) in [4.78, 5) is 13.5. The molecule has 16 heavy (non-hydrogen) atoms. The predicted molar refractivity (Wildman–Crippen MR) is 68.1 cm³/mol. The molecular weight excluding hydrogens is 218 g/mol. The van der Waals surface area contributed by atoms with Crippen LogP contribution >= 0.6 is 11.8 Å². The molecule has 1 aliphatic carbocycles. The van der Waals surface area contributed by atoms with Crippen LogP contribution in [0.25, 0.3) is 0 Å². The van der Waals surface area contributed by atoms with Gasteiger partial charge in [-0.05, 0) is 38.3 Å². The summed E-state index contributed by atoms with van der Waals surface area (Å²) in [6, 6.07) is 7.94. The molecule has 0 atom stereocenters. The molecule has 2 nitrogen and oxygen atoms in total. The molecule has 1 aromatic rings. The third-order valence-electron chi connectivity index (χ3n) is 3.20. The Labute approximate surface area is 101 Å². The van der Waals surface area contributed by atoms with E-state index in [0.717, 1.165) is 24.9 Å². The normalized spacial score (nSPS) is 17.1. The van der Waals surface area contributed by atoms with Gasteiger partial charge in [-0.3, -0.25) is 4.79 Å². The molecule has 2 rings (SSSR count). The van der Waals surface area contributed by atoms with E-state index < -0.39 is 0 Å². The number of nitrogens with one attached hydrogen (secondary N) is 1. The minimum absolute atomic E-state index is 0.102. The average molecular weight is 235 g/mol. The molecule has 1 saturated carbocycles. The summed E-state index contributed by atoms with van der Waals surface area (Å²) in [5, 5.41) is 3.12. The number of Topliss-reactive ketones (excluding diaryl/α,β-unsaturated/α-hetero) is 1. The van der Waals surface area contributed by atoms with Crippen molar-refractivity contribution < 1.29 is 4.79 Å². The Morgan fingerprint density at radius 3 is 2.44 bits per heavy atom. The summed E-state index contributed by atoms with van der Waals surface area (Å²) in [5.74, 6) is 0.300. The predicted octanol–water partition coefficient (Wildman–Crippen LogP) is 2.59. The summed E-state index contributed by atoms with van der Waals surface area (Å²) in [6.45, 7) is 0.802. The van der Waals surface area contributed by atoms with E-state index in [1.807, 2.05) is 37.6 Å². The van der Waals surface area contributed by atoms with E-state index >= 15 is 0 Å². The van der Waals surface area contributed by atoms with Crippen LogP contribution in [-0.2, 0) is 0 Å². The monoisotopic (exact) mass is 235 g/mol. The Bertz CT molecular complexity index is 381. The van der Waals surface area contributed by atoms with Gasteiger partial charge in [0, 0.05) is 22.4 Å². The third kappa shape index (κ3) is 2.15. The van der Waals surface area contributed by atoms with Gasteiger partial charge in [-0.25, -0.2) is 0 Å². The molecule has 0 aliphatic heterocycles. The summed E-state index contributed by atoms with van der Waals surface area (Å²) >= 11 is 1.70. The van der Waals surface area contributed by atoms with Gasteiger partial charge in [-0.1, -0.05) is 12.1 Å². The zero-order valence-corrected chi connectivity index (χ0v) is 10.6. The zero-order chi connectivity index (χ0) is 11.6. The van der Waals surface area contributed by atoms with Crippen LogP contribution < -0.4 is 5.32 Å². The molecule has 1 aromatic carbocycles. The van der Waals surface area contributed by atoms with Crippen LogP contribution in [0.15, 0.2) is 29.2 Å². The first-order valence-electron chi connectivity index (χ1n) is 5.55. The van der Waals surface area contributed by atoms with E-state index in [1.165, 1.54) is 4.90 Å². The van der Waals surface area contributed by atoms with Crippen LogP contribution in [0.2, 0.25) is 0 Å². The fraction of sp³-hybridized carbons (Fsp3) is 0.462. The highest BCUT2D eigenvalue weighted by molar-refractivity contribution is 7.98. The van der Waals surface area contributed by atoms with Gasteiger partial charge in [0.15, 0.2) is 5.78 Å². The number of rotatable bonds is 5. The first-order chi connectivity index (χ1) is 7.72. The highest BCUT2D eigenvalue weighted by Gasteiger charge is 2.48. The fourth-order valence-corrected chi connectivity index (χ4v) is 2.43. The van der Waals surface area contributed by atoms with Gasteiger partial charge < -0.3 is 5.32 Å². The molecule has 1 N–H and O–H groups in total. The van der Waals surface area contributed by atoms with E-state index in [4.69, 9.17) is 0 Å². The number of ketones is 1. The smallest absolute Gasteiger partial charge is 0.170 e. The van der Waals surface area contributed by atoms with Gasteiger partial charge in [-0.2, -0.15) is 0 Å². The molecule has 3 heteroatoms. The molecule has 0 heterocycles. The van der Waals surface area contributed by atoms with Crippen LogP contribution in [0.1, 0.15) is 23.2 Å². The van der Waals surface area contributed by atoms with E-state index in [-0.39, 0.29) is 5.41 Å². The number of carbonyl (C=O) groups excluding carboxylic acids is 1. The number of hydrogen-bond acceptors (Lipinski definition) is 3. The van der Waals surface area contributed by atoms with Crippen molar-refractivity contribution in [3.63, 3.8) is 0 Å². The molecule has 0 spiro atoms. The molecule has 1 aliphatic rings. The molecule has 0 bridgehead atoms. The number of hydrogen-bond donors (Lipinski definition) is 1. The molecule has 0 unspecified atom stereocenters. The van der Waals surface area contributed by atoms with E-state index in [9.17, 15) is 4.79 Å². The van der Waals surface area contributed by atoms with Crippen molar-refractivity contribution in [2.45, 2.75) is 17.7 Å². The topological polar surface area (TPSA) is 29.1 Å². The van der Waals surface area contributed by atoms with Crippen molar-refractivity contribution in [3.8, 4) is 0 Å². The second kappa shape index (κ2) is 4.60. The summed E-state index contributed by atoms with van der Waals surface area (Å²) in [7, 11) is 1.91. The summed E-state index contributed by atoms with van der Waals surface area (Å²) < 4.78 is 0. The first-order valence-corrected chi connectivity index (χ1v) is 6.78. The second-order valence-corrected chi connectivity index (χ2v) is 5.25. The van der Waals surface area contributed by atoms with Gasteiger partial charge in [0.1, 0.15) is 0 Å². The van der Waals surface area contributed by atoms with Crippen molar-refractivity contribution in [2.24, 2.45) is 5.41 Å². The maximum Gasteiger partial charge on any atom is 0.170 e. The molecule has 1 fully saturated rings. The molecule has 0 saturated heterocycles. The van der Waals surface area contributed by atoms with Crippen LogP contribution in [0, 0.1) is 5.41 Å². The summed E-state index contributed by atoms with van der Waals surface area (Å²) in [5.41, 5.74) is 0.751. The van der Waals surface area contributed by atoms with Gasteiger partial charge in [-0.15, -0.1) is 11.8 Å². The highest BCUT2D eigenvalue weighted by atomic mass is 32.2. The van der Waals surface area contributed by atoms with Crippen molar-refractivity contribution in [3.05, 3.63) is 29.8 Å². The van der Waals surface area contributed by atoms with Crippen LogP contribution in [0.5, 0.6) is 0 Å². The Hall–Kier alpha value is -0.800. The van der Waals surface area contributed by atoms with E-state index in [1.54, 1.807) is 11.8 Å². The van der Waals surface area contributed by atoms with Gasteiger partial charge in [0.25, 0.3) is 0 Å². The van der Waals surface area contributed by atoms with Crippen molar-refractivity contribution in [1.29, 1.82) is 0 Å². The lowest BCUT2D eigenvalue weighted by molar-refractivity contribution is 0.0900. The molecule has 0 amide bonds. The minimum atomic E-state index is -0.102. The third-order valence-corrected chi connectivity index (χ3v) is 3.95. The summed E-state index contributed by atoms with van der Waals surface area (Å²) in [6.07, 6.45) is 4.09. The van der Waals surface area contributed by atoms with E-state index in [0.29, 0.717) is 5.78 Å². The number of benzene rings is 1. The van der Waals surface area contributed by atoms with Gasteiger partial charge in [0.2, 0.25) is 0 Å². The first kappa shape index (κ1) is 11.7. The highest BCUT2D eigenvalue weighted by Crippen LogP contribution is 2.47. The second-order valence-electron chi connectivity index (χ2n) is 4.37. The average Bonchev–Trinajstić information content (AvgIpc) is 3.10. The van der Waals surface area contributed by atoms with Gasteiger partial charge >= 0.3 is 0 Å². The van der Waals surface area contributed by atoms with Crippen molar-refractivity contribution in [1.82, 2.24) is 5.32 Å². The standard InChI is InChI=1S/C13H17NOS/c1-14-9-13(7-8-13)12(15)10-3-5-11(16-2)6-4-10/h3-6,14H,7-9H2,1-2H3. The lowest BCUT2D eigenvalue weighted by atomic mass is 9.95. The minimum Gasteiger partial charge on any atom is -0.319 e. The quantitative estimate of drug-likeness (QED) is 0.628. The molecule has 0 aromatic heterocycles. The van der Waals surface area contributed by atoms with Crippen molar-refractivity contribution >= 4 is 17.5 Å². The lowest BCUT2D eigenvalue weighted by Gasteiger charge is -2.13. The maximum absolute atomic E-state index is 12.3. The number of carbonyl (C=O) groups is 1. The number of thioether (sulfide) groups is 1. The Morgan fingerprint density at radius 2 is 2.00 bits per heavy atom. The Morgan fingerprint density at radius 1 is 1.38 bits per heavy atom. The van der Waals surface area contributed by atoms with Crippen LogP contribution in [0.4, 0.5) is 0 Å². The molecular formula is C13H17NOS. The molecule has 86 valence electrons. The lowest BCUT2D eigenvalue weighted by Crippen LogP contribution is -2.27. The largest absolute Gasteiger partial charge is 0.319 e. The molecule has 0 radical (unpaired) electrons. The van der Waals surface area contributed by atoms with Gasteiger partial charge in [0.05, 0.1) is 0 Å². The Balaban J connectivity index is 2.15. The maximum atomic E-state index is 12.3. The van der Waals surface area contributed by atoms with E-state index in [2.05, 4.69) is 5.32 Å².